The molecule has 0 bridgehead atoms. The number of rotatable bonds is 0. The van der Waals surface area contributed by atoms with Gasteiger partial charge in [0.05, 0.1) is 0 Å². The zero-order valence-electron chi connectivity index (χ0n) is 29.5. The maximum absolute atomic E-state index is 2.75. The molecule has 1 aromatic heterocycles. The summed E-state index contributed by atoms with van der Waals surface area (Å²) in [5.74, 6) is 0. The fourth-order valence-electron chi connectivity index (χ4n) is 11.6. The summed E-state index contributed by atoms with van der Waals surface area (Å²) in [6.45, 7) is 0.512. The topological polar surface area (TPSA) is 13.0 Å². The fraction of sp³-hybridized carbons (Fsp3) is 0. The molecule has 11 heteroatoms. The van der Waals surface area contributed by atoms with Crippen LogP contribution >= 0.6 is 0 Å². The van der Waals surface area contributed by atoms with Gasteiger partial charge in [-0.25, -0.2) is 0 Å². The zero-order chi connectivity index (χ0) is 36.2. The predicted octanol–water partition coefficient (Wildman–Crippen LogP) is -0.904. The van der Waals surface area contributed by atoms with Crippen LogP contribution in [0.5, 0.6) is 0 Å². The second kappa shape index (κ2) is 9.86. The van der Waals surface area contributed by atoms with Crippen molar-refractivity contribution in [3.8, 4) is 0 Å². The number of nitrogens with zero attached hydrogens (tertiary/aromatic N) is 4. The molecular weight excluding hydrogens is 1020 g/mol. The molecule has 260 valence electrons. The van der Waals surface area contributed by atoms with E-state index in [1.165, 1.54) is 88.1 Å². The summed E-state index contributed by atoms with van der Waals surface area (Å²) in [5, 5.41) is 0. The number of anilines is 12. The van der Waals surface area contributed by atoms with Crippen molar-refractivity contribution in [3.05, 3.63) is 121 Å². The molecule has 9 aliphatic heterocycles. The van der Waals surface area contributed by atoms with Gasteiger partial charge in [0, 0.05) is 0 Å². The van der Waals surface area contributed by atoms with Gasteiger partial charge in [-0.05, 0) is 0 Å². The van der Waals surface area contributed by atoms with Gasteiger partial charge in [-0.2, -0.15) is 0 Å². The van der Waals surface area contributed by atoms with E-state index in [2.05, 4.69) is 141 Å². The zero-order valence-corrected chi connectivity index (χ0v) is 38.1. The molecule has 0 unspecified atom stereocenters. The third-order valence-electron chi connectivity index (χ3n) is 13.4. The Balaban J connectivity index is 1.01. The Morgan fingerprint density at radius 2 is 0.684 bits per heavy atom. The molecule has 0 spiro atoms. The van der Waals surface area contributed by atoms with Crippen molar-refractivity contribution in [3.63, 3.8) is 0 Å². The summed E-state index contributed by atoms with van der Waals surface area (Å²) in [4.78, 5) is 11.0. The van der Waals surface area contributed by atoms with Crippen LogP contribution in [0.1, 0.15) is 0 Å². The van der Waals surface area contributed by atoms with Crippen LogP contribution in [0.25, 0.3) is 0 Å². The molecule has 7 aromatic carbocycles. The molecule has 0 N–H and O–H groups in total. The summed E-state index contributed by atoms with van der Waals surface area (Å²) in [6, 6.07) is 48.3. The van der Waals surface area contributed by atoms with Crippen LogP contribution in [0, 0.1) is 0 Å². The van der Waals surface area contributed by atoms with Crippen LogP contribution in [-0.4, -0.2) is 87.8 Å². The summed E-state index contributed by atoms with van der Waals surface area (Å²) in [5.41, 5.74) is 23.5. The van der Waals surface area contributed by atoms with E-state index in [1.54, 1.807) is 46.4 Å². The van der Waals surface area contributed by atoms with Crippen LogP contribution in [0.2, 0.25) is 0 Å². The molecule has 0 saturated heterocycles. The van der Waals surface area contributed by atoms with Crippen LogP contribution in [-0.2, 0) is 0 Å². The van der Waals surface area contributed by atoms with E-state index in [4.69, 9.17) is 0 Å². The van der Waals surface area contributed by atoms with Gasteiger partial charge in [-0.1, -0.05) is 0 Å². The van der Waals surface area contributed by atoms with Crippen molar-refractivity contribution in [2.45, 2.75) is 0 Å². The minimum atomic E-state index is 0.139. The molecule has 0 amide bonds. The van der Waals surface area contributed by atoms with E-state index in [-0.39, 0.29) is 87.8 Å². The first-order valence-corrected chi connectivity index (χ1v) is 27.9. The van der Waals surface area contributed by atoms with Gasteiger partial charge in [-0.3, -0.25) is 0 Å². The van der Waals surface area contributed by atoms with Crippen molar-refractivity contribution >= 4 is 222 Å². The molecule has 9 aliphatic rings. The van der Waals surface area contributed by atoms with Crippen LogP contribution in [0.4, 0.5) is 68.2 Å². The molecule has 0 saturated carbocycles. The summed E-state index contributed by atoms with van der Waals surface area (Å²) < 4.78 is 15.7. The Morgan fingerprint density at radius 3 is 1.12 bits per heavy atom. The first kappa shape index (κ1) is 30.1. The fourth-order valence-corrected chi connectivity index (χ4v) is 24.9. The number of fused-ring (bicyclic) bond motifs is 9. The average Bonchev–Trinajstić information content (AvgIpc) is 3.64. The van der Waals surface area contributed by atoms with Gasteiger partial charge >= 0.3 is 363 Å². The first-order valence-electron chi connectivity index (χ1n) is 19.3. The van der Waals surface area contributed by atoms with Crippen molar-refractivity contribution < 1.29 is 0 Å². The predicted molar refractivity (Wildman–Crippen MR) is 245 cm³/mol. The van der Waals surface area contributed by atoms with E-state index < -0.39 is 0 Å². The van der Waals surface area contributed by atoms with Crippen molar-refractivity contribution in [1.29, 1.82) is 0 Å². The average molecular weight is 1050 g/mol. The number of hydrogen-bond acceptors (Lipinski definition) is 4. The van der Waals surface area contributed by atoms with E-state index in [1.807, 2.05) is 0 Å². The van der Waals surface area contributed by atoms with Crippen LogP contribution in [0.15, 0.2) is 121 Å². The third kappa shape index (κ3) is 3.21. The Kier molecular flexibility index (Phi) is 5.20. The first-order chi connectivity index (χ1) is 28.3. The molecule has 0 radical (unpaired) electrons. The van der Waals surface area contributed by atoms with E-state index in [9.17, 15) is 0 Å². The molecule has 10 heterocycles. The molecule has 0 aliphatic carbocycles. The number of para-hydroxylation sites is 6. The number of benzene rings is 7. The molecule has 0 atom stereocenters. The molecule has 4 nitrogen and oxygen atoms in total. The quantitative estimate of drug-likeness (QED) is 0.183. The second-order valence-electron chi connectivity index (χ2n) is 15.9. The standard InChI is InChI=1S/C46H20B2N4Se5/c1-2-10-24-23(9-1)49-25-17-19-33-41-35(25)47(21-7-3-11-27-37(21)51(41)39-29(53-27)13-5-15-31(39)55-33)45-43(49)44-46(57-45)48-22-8-4-12-28-38(22)52-40-30(54-28)14-6-16-32(40)56-34-20-18-26(50(24)44)36(48)42(34)52/h1-20H. The van der Waals surface area contributed by atoms with Gasteiger partial charge in [-0.15, -0.1) is 0 Å². The van der Waals surface area contributed by atoms with Crippen molar-refractivity contribution in [1.82, 2.24) is 0 Å². The van der Waals surface area contributed by atoms with E-state index in [0.29, 0.717) is 0 Å². The van der Waals surface area contributed by atoms with Gasteiger partial charge < -0.3 is 0 Å². The molecule has 17 rings (SSSR count). The normalized spacial score (nSPS) is 16.6. The maximum atomic E-state index is 2.75. The minimum absolute atomic E-state index is 0.139. The Bertz CT molecular complexity index is 3150. The Morgan fingerprint density at radius 1 is 0.298 bits per heavy atom. The third-order valence-corrected chi connectivity index (χ3v) is 25.4. The Hall–Kier alpha value is -4.05. The van der Waals surface area contributed by atoms with Gasteiger partial charge in [0.25, 0.3) is 0 Å². The van der Waals surface area contributed by atoms with Crippen LogP contribution < -0.4 is 85.8 Å². The van der Waals surface area contributed by atoms with Crippen molar-refractivity contribution in [2.75, 3.05) is 19.6 Å². The molecule has 0 fully saturated rings. The SMILES string of the molecule is c1cc2c3c(c1)[Se]c1ccc4c5c1N3c1c(cccc1B5c1[se]c3c5c1N4c1ccccc1N5c1ccc4c5c1B3c1cccc3c1N5c1c(cccc1[Se]4)[Se]3)[Se]2. The Labute approximate surface area is 359 Å². The monoisotopic (exact) mass is 1050 g/mol. The molecule has 57 heavy (non-hydrogen) atoms. The summed E-state index contributed by atoms with van der Waals surface area (Å²) >= 11 is 1.25. The second-order valence-corrected chi connectivity index (χ2v) is 27.3. The van der Waals surface area contributed by atoms with E-state index in [0.717, 1.165) is 0 Å². The van der Waals surface area contributed by atoms with E-state index >= 15 is 0 Å². The number of hydrogen-bond donors (Lipinski definition) is 0. The van der Waals surface area contributed by atoms with Crippen molar-refractivity contribution in [2.24, 2.45) is 0 Å². The van der Waals surface area contributed by atoms with Crippen LogP contribution in [0.3, 0.4) is 0 Å². The molecule has 8 aromatic rings. The summed E-state index contributed by atoms with van der Waals surface area (Å²) in [7, 11) is 0. The van der Waals surface area contributed by atoms with Gasteiger partial charge in [0.2, 0.25) is 0 Å². The molecular formula is C46H20B2N4Se5. The van der Waals surface area contributed by atoms with Gasteiger partial charge in [0.15, 0.2) is 0 Å². The summed E-state index contributed by atoms with van der Waals surface area (Å²) in [6.07, 6.45) is 0. The van der Waals surface area contributed by atoms with Gasteiger partial charge in [0.1, 0.15) is 0 Å².